The minimum absolute atomic E-state index is 0.00632. The Labute approximate surface area is 129 Å². The van der Waals surface area contributed by atoms with Crippen molar-refractivity contribution in [3.63, 3.8) is 0 Å². The number of amides is 5. The fourth-order valence-corrected chi connectivity index (χ4v) is 2.98. The first-order chi connectivity index (χ1) is 10.5. The van der Waals surface area contributed by atoms with Crippen LogP contribution in [0.2, 0.25) is 0 Å². The molecule has 0 aromatic carbocycles. The van der Waals surface area contributed by atoms with Gasteiger partial charge in [0, 0.05) is 6.04 Å². The Balaban J connectivity index is 2.10. The largest absolute Gasteiger partial charge is 0.344 e. The zero-order valence-electron chi connectivity index (χ0n) is 12.5. The maximum atomic E-state index is 12.4. The number of terminal acetylenes is 1. The maximum absolute atomic E-state index is 12.4. The molecule has 2 atom stereocenters. The van der Waals surface area contributed by atoms with Crippen molar-refractivity contribution >= 4 is 23.8 Å². The lowest BCUT2D eigenvalue weighted by atomic mass is 9.85. The lowest BCUT2D eigenvalue weighted by Crippen LogP contribution is -2.47. The normalized spacial score (nSPS) is 25.4. The Hall–Kier alpha value is -2.36. The van der Waals surface area contributed by atoms with Crippen molar-refractivity contribution in [3.8, 4) is 12.3 Å². The zero-order valence-corrected chi connectivity index (χ0v) is 12.5. The highest BCUT2D eigenvalue weighted by atomic mass is 16.2. The minimum atomic E-state index is -0.946. The van der Waals surface area contributed by atoms with Crippen LogP contribution >= 0.6 is 0 Å². The highest BCUT2D eigenvalue weighted by molar-refractivity contribution is 6.45. The molecule has 1 N–H and O–H groups in total. The summed E-state index contributed by atoms with van der Waals surface area (Å²) in [4.78, 5) is 49.8. The van der Waals surface area contributed by atoms with E-state index < -0.39 is 30.3 Å². The first-order valence-corrected chi connectivity index (χ1v) is 7.36. The van der Waals surface area contributed by atoms with Crippen LogP contribution in [0.15, 0.2) is 0 Å². The van der Waals surface area contributed by atoms with E-state index in [0.717, 1.165) is 24.2 Å². The van der Waals surface area contributed by atoms with Crippen LogP contribution in [0.1, 0.15) is 32.6 Å². The molecule has 2 fully saturated rings. The summed E-state index contributed by atoms with van der Waals surface area (Å²) < 4.78 is 0. The van der Waals surface area contributed by atoms with Crippen molar-refractivity contribution in [2.45, 2.75) is 38.6 Å². The number of hydrogen-bond acceptors (Lipinski definition) is 4. The van der Waals surface area contributed by atoms with E-state index in [4.69, 9.17) is 6.42 Å². The van der Waals surface area contributed by atoms with Gasteiger partial charge in [-0.15, -0.1) is 6.42 Å². The van der Waals surface area contributed by atoms with Crippen molar-refractivity contribution in [2.24, 2.45) is 5.92 Å². The molecule has 0 unspecified atom stereocenters. The number of imide groups is 2. The Bertz CT molecular complexity index is 551. The van der Waals surface area contributed by atoms with Gasteiger partial charge in [-0.3, -0.25) is 19.3 Å². The molecule has 1 heterocycles. The summed E-state index contributed by atoms with van der Waals surface area (Å²) in [6.07, 6.45) is 8.61. The van der Waals surface area contributed by atoms with E-state index in [0.29, 0.717) is 11.3 Å². The molecule has 0 aromatic heterocycles. The number of rotatable bonds is 4. The van der Waals surface area contributed by atoms with E-state index in [1.807, 2.05) is 6.92 Å². The molecular weight excluding hydrogens is 286 g/mol. The third kappa shape index (κ3) is 2.96. The number of hydrogen-bond donors (Lipinski definition) is 1. The molecule has 1 saturated heterocycles. The fraction of sp³-hybridized carbons (Fsp3) is 0.600. The Morgan fingerprint density at radius 3 is 2.59 bits per heavy atom. The van der Waals surface area contributed by atoms with E-state index in [2.05, 4.69) is 11.2 Å². The van der Waals surface area contributed by atoms with Gasteiger partial charge >= 0.3 is 17.8 Å². The van der Waals surface area contributed by atoms with Crippen molar-refractivity contribution in [1.29, 1.82) is 0 Å². The first kappa shape index (κ1) is 16.0. The lowest BCUT2D eigenvalue weighted by Gasteiger charge is -2.34. The zero-order chi connectivity index (χ0) is 16.3. The van der Waals surface area contributed by atoms with Crippen LogP contribution in [0.25, 0.3) is 0 Å². The predicted molar refractivity (Wildman–Crippen MR) is 77.2 cm³/mol. The van der Waals surface area contributed by atoms with Crippen molar-refractivity contribution in [1.82, 2.24) is 15.1 Å². The molecule has 118 valence electrons. The highest BCUT2D eigenvalue weighted by Gasteiger charge is 2.49. The fourth-order valence-electron chi connectivity index (χ4n) is 2.98. The Morgan fingerprint density at radius 1 is 1.27 bits per heavy atom. The van der Waals surface area contributed by atoms with Crippen LogP contribution in [0.5, 0.6) is 0 Å². The van der Waals surface area contributed by atoms with Gasteiger partial charge < -0.3 is 5.32 Å². The van der Waals surface area contributed by atoms with Gasteiger partial charge in [0.15, 0.2) is 0 Å². The van der Waals surface area contributed by atoms with Crippen LogP contribution in [0, 0.1) is 18.3 Å². The third-order valence-corrected chi connectivity index (χ3v) is 4.17. The topological polar surface area (TPSA) is 86.8 Å². The summed E-state index contributed by atoms with van der Waals surface area (Å²) in [5.74, 6) is 0.0315. The van der Waals surface area contributed by atoms with Gasteiger partial charge in [-0.1, -0.05) is 25.7 Å². The maximum Gasteiger partial charge on any atom is 0.334 e. The molecule has 0 aromatic rings. The Morgan fingerprint density at radius 2 is 1.95 bits per heavy atom. The third-order valence-electron chi connectivity index (χ3n) is 4.17. The van der Waals surface area contributed by atoms with Crippen LogP contribution in [-0.2, 0) is 14.4 Å². The second kappa shape index (κ2) is 6.60. The summed E-state index contributed by atoms with van der Waals surface area (Å²) in [7, 11) is 0. The number of urea groups is 1. The monoisotopic (exact) mass is 305 g/mol. The lowest BCUT2D eigenvalue weighted by molar-refractivity contribution is -0.145. The molecule has 0 spiro atoms. The molecule has 1 aliphatic heterocycles. The molecule has 7 heteroatoms. The molecule has 0 radical (unpaired) electrons. The van der Waals surface area contributed by atoms with E-state index in [1.165, 1.54) is 0 Å². The number of carbonyl (C=O) groups is 4. The summed E-state index contributed by atoms with van der Waals surface area (Å²) >= 11 is 0. The van der Waals surface area contributed by atoms with Crippen LogP contribution < -0.4 is 5.32 Å². The second-order valence-electron chi connectivity index (χ2n) is 5.66. The molecule has 2 rings (SSSR count). The first-order valence-electron chi connectivity index (χ1n) is 7.36. The molecule has 5 amide bonds. The number of carbonyl (C=O) groups excluding carboxylic acids is 4. The summed E-state index contributed by atoms with van der Waals surface area (Å²) in [5.41, 5.74) is 0. The van der Waals surface area contributed by atoms with Gasteiger partial charge in [-0.2, -0.15) is 0 Å². The van der Waals surface area contributed by atoms with Crippen molar-refractivity contribution < 1.29 is 19.2 Å². The summed E-state index contributed by atoms with van der Waals surface area (Å²) in [6.45, 7) is 1.49. The average molecular weight is 305 g/mol. The van der Waals surface area contributed by atoms with Gasteiger partial charge in [-0.05, 0) is 18.8 Å². The number of nitrogens with one attached hydrogen (secondary N) is 1. The standard InChI is InChI=1S/C15H19N3O4/c1-3-8-16-12(19)9-17-13(20)14(21)18(15(17)22)11-7-5-4-6-10(11)2/h1,10-11H,4-9H2,2H3,(H,16,19)/t10-,11-/m0/s1. The van der Waals surface area contributed by atoms with Gasteiger partial charge in [-0.25, -0.2) is 9.69 Å². The van der Waals surface area contributed by atoms with Gasteiger partial charge in [0.25, 0.3) is 0 Å². The van der Waals surface area contributed by atoms with E-state index in [9.17, 15) is 19.2 Å². The predicted octanol–water partition coefficient (Wildman–Crippen LogP) is 0.105. The molecule has 7 nitrogen and oxygen atoms in total. The molecular formula is C15H19N3O4. The minimum Gasteiger partial charge on any atom is -0.344 e. The average Bonchev–Trinajstić information content (AvgIpc) is 2.70. The van der Waals surface area contributed by atoms with E-state index in [1.54, 1.807) is 0 Å². The smallest absolute Gasteiger partial charge is 0.334 e. The number of nitrogens with zero attached hydrogens (tertiary/aromatic N) is 2. The quantitative estimate of drug-likeness (QED) is 0.453. The van der Waals surface area contributed by atoms with Crippen LogP contribution in [-0.4, -0.2) is 52.7 Å². The highest BCUT2D eigenvalue weighted by Crippen LogP contribution is 2.31. The summed E-state index contributed by atoms with van der Waals surface area (Å²) in [5, 5.41) is 2.37. The van der Waals surface area contributed by atoms with Crippen molar-refractivity contribution in [3.05, 3.63) is 0 Å². The van der Waals surface area contributed by atoms with Gasteiger partial charge in [0.05, 0.1) is 6.54 Å². The molecule has 0 bridgehead atoms. The molecule has 22 heavy (non-hydrogen) atoms. The van der Waals surface area contributed by atoms with Crippen LogP contribution in [0.3, 0.4) is 0 Å². The van der Waals surface area contributed by atoms with E-state index >= 15 is 0 Å². The summed E-state index contributed by atoms with van der Waals surface area (Å²) in [6, 6.07) is -0.971. The van der Waals surface area contributed by atoms with E-state index in [-0.39, 0.29) is 18.5 Å². The van der Waals surface area contributed by atoms with Crippen molar-refractivity contribution in [2.75, 3.05) is 13.1 Å². The second-order valence-corrected chi connectivity index (χ2v) is 5.66. The molecule has 1 saturated carbocycles. The van der Waals surface area contributed by atoms with Crippen LogP contribution in [0.4, 0.5) is 4.79 Å². The Kier molecular flexibility index (Phi) is 4.81. The van der Waals surface area contributed by atoms with Gasteiger partial charge in [0.2, 0.25) is 5.91 Å². The molecule has 1 aliphatic carbocycles. The van der Waals surface area contributed by atoms with Gasteiger partial charge in [0.1, 0.15) is 6.54 Å². The SMILES string of the molecule is C#CCNC(=O)CN1C(=O)C(=O)N([C@H]2CCCC[C@@H]2C)C1=O. The molecule has 2 aliphatic rings.